The van der Waals surface area contributed by atoms with E-state index in [0.717, 1.165) is 61.7 Å². The van der Waals surface area contributed by atoms with Crippen molar-refractivity contribution >= 4 is 11.9 Å². The molecule has 0 N–H and O–H groups in total. The molecule has 4 nitrogen and oxygen atoms in total. The molecule has 1 saturated heterocycles. The number of halogens is 3. The molecule has 0 bridgehead atoms. The minimum Gasteiger partial charge on any atom is -0.497 e. The van der Waals surface area contributed by atoms with Crippen molar-refractivity contribution in [2.24, 2.45) is 11.3 Å². The summed E-state index contributed by atoms with van der Waals surface area (Å²) in [5.74, 6) is 0.880. The summed E-state index contributed by atoms with van der Waals surface area (Å²) in [6, 6.07) is 16.3. The van der Waals surface area contributed by atoms with Crippen molar-refractivity contribution in [3.05, 3.63) is 71.3 Å². The monoisotopic (exact) mass is 585 g/mol. The zero-order valence-corrected chi connectivity index (χ0v) is 25.7. The molecule has 2 aromatic rings. The Balaban J connectivity index is 1.57. The van der Waals surface area contributed by atoms with Gasteiger partial charge in [-0.1, -0.05) is 42.5 Å². The van der Waals surface area contributed by atoms with E-state index in [0.29, 0.717) is 19.7 Å². The minimum absolute atomic E-state index is 0.0882. The van der Waals surface area contributed by atoms with Crippen LogP contribution in [0.15, 0.2) is 54.6 Å². The second-order valence-electron chi connectivity index (χ2n) is 13.5. The number of hydrogen-bond donors (Lipinski definition) is 0. The lowest BCUT2D eigenvalue weighted by Crippen LogP contribution is -2.47. The van der Waals surface area contributed by atoms with Crippen molar-refractivity contribution in [3.8, 4) is 5.75 Å². The number of hydrogen-bond acceptors (Lipinski definition) is 4. The van der Waals surface area contributed by atoms with E-state index in [4.69, 9.17) is 9.47 Å². The summed E-state index contributed by atoms with van der Waals surface area (Å²) < 4.78 is 53.7. The van der Waals surface area contributed by atoms with Gasteiger partial charge in [0.2, 0.25) is 0 Å². The van der Waals surface area contributed by atoms with Crippen LogP contribution in [0.25, 0.3) is 5.57 Å². The smallest absolute Gasteiger partial charge is 0.395 e. The van der Waals surface area contributed by atoms with Gasteiger partial charge in [0.1, 0.15) is 12.0 Å². The first-order chi connectivity index (χ1) is 19.8. The summed E-state index contributed by atoms with van der Waals surface area (Å²) in [7, 11) is 1.64. The van der Waals surface area contributed by atoms with Crippen LogP contribution in [-0.2, 0) is 21.5 Å². The fraction of sp³-hybridized carbons (Fsp3) is 0.571. The molecule has 4 rings (SSSR count). The molecule has 1 heterocycles. The third kappa shape index (κ3) is 7.84. The summed E-state index contributed by atoms with van der Waals surface area (Å²) in [4.78, 5) is 13.1. The number of aldehydes is 1. The van der Waals surface area contributed by atoms with Crippen LogP contribution in [0, 0.1) is 11.3 Å². The van der Waals surface area contributed by atoms with Gasteiger partial charge in [-0.15, -0.1) is 0 Å². The Morgan fingerprint density at radius 1 is 1.07 bits per heavy atom. The molecule has 1 aliphatic carbocycles. The van der Waals surface area contributed by atoms with E-state index >= 15 is 0 Å². The van der Waals surface area contributed by atoms with Gasteiger partial charge in [-0.2, -0.15) is 13.2 Å². The van der Waals surface area contributed by atoms with Gasteiger partial charge in [0.15, 0.2) is 0 Å². The topological polar surface area (TPSA) is 38.8 Å². The first-order valence-corrected chi connectivity index (χ1v) is 15.1. The van der Waals surface area contributed by atoms with Crippen molar-refractivity contribution < 1.29 is 27.4 Å². The van der Waals surface area contributed by atoms with E-state index in [-0.39, 0.29) is 23.5 Å². The van der Waals surface area contributed by atoms with E-state index in [1.165, 1.54) is 25.0 Å². The van der Waals surface area contributed by atoms with Crippen LogP contribution < -0.4 is 4.74 Å². The predicted octanol–water partition coefficient (Wildman–Crippen LogP) is 8.39. The molecule has 0 aromatic heterocycles. The summed E-state index contributed by atoms with van der Waals surface area (Å²) in [5, 5.41) is 0. The molecule has 230 valence electrons. The number of nitrogens with zero attached hydrogens (tertiary/aromatic N) is 1. The molecule has 0 saturated carbocycles. The second kappa shape index (κ2) is 12.9. The maximum absolute atomic E-state index is 14.1. The third-order valence-corrected chi connectivity index (χ3v) is 9.21. The molecular weight excluding hydrogens is 539 g/mol. The molecule has 2 atom stereocenters. The molecule has 2 aromatic carbocycles. The number of rotatable bonds is 11. The number of benzene rings is 2. The first kappa shape index (κ1) is 32.3. The fourth-order valence-electron chi connectivity index (χ4n) is 6.58. The van der Waals surface area contributed by atoms with Gasteiger partial charge < -0.3 is 14.3 Å². The van der Waals surface area contributed by atoms with Crippen molar-refractivity contribution in [1.82, 2.24) is 4.90 Å². The maximum atomic E-state index is 14.1. The van der Waals surface area contributed by atoms with E-state index < -0.39 is 11.6 Å². The maximum Gasteiger partial charge on any atom is 0.395 e. The molecule has 42 heavy (non-hydrogen) atoms. The van der Waals surface area contributed by atoms with Crippen LogP contribution in [0.4, 0.5) is 13.2 Å². The zero-order valence-electron chi connectivity index (χ0n) is 25.7. The van der Waals surface area contributed by atoms with Gasteiger partial charge in [0.25, 0.3) is 0 Å². The number of carbonyl (C=O) groups is 1. The largest absolute Gasteiger partial charge is 0.497 e. The van der Waals surface area contributed by atoms with Crippen LogP contribution in [0.1, 0.15) is 82.9 Å². The standard InChI is InChI=1S/C35H46F3NO3/c1-32(2,35(36,37)38)25-39(22-26-6-10-28(11-7-26)29-12-8-27(23-40)9-13-29)20-18-34(19-21-42-33(3,4)24-34)30-14-16-31(41-5)17-15-30/h6-7,10-12,14-17,23,27H,8-9,13,18-22,24-25H2,1-5H3/t27-,34-/m1/s1. The number of allylic oxidation sites excluding steroid dienone is 2. The molecule has 1 aliphatic heterocycles. The van der Waals surface area contributed by atoms with Gasteiger partial charge in [0, 0.05) is 31.0 Å². The van der Waals surface area contributed by atoms with Gasteiger partial charge in [0.05, 0.1) is 18.1 Å². The Morgan fingerprint density at radius 3 is 2.31 bits per heavy atom. The number of alkyl halides is 3. The van der Waals surface area contributed by atoms with Crippen LogP contribution in [0.5, 0.6) is 5.75 Å². The Morgan fingerprint density at radius 2 is 1.76 bits per heavy atom. The van der Waals surface area contributed by atoms with Gasteiger partial charge >= 0.3 is 6.18 Å². The van der Waals surface area contributed by atoms with Gasteiger partial charge in [-0.25, -0.2) is 0 Å². The van der Waals surface area contributed by atoms with E-state index in [9.17, 15) is 18.0 Å². The lowest BCUT2D eigenvalue weighted by molar-refractivity contribution is -0.217. The fourth-order valence-corrected chi connectivity index (χ4v) is 6.58. The first-order valence-electron chi connectivity index (χ1n) is 15.1. The third-order valence-electron chi connectivity index (χ3n) is 9.21. The van der Waals surface area contributed by atoms with E-state index in [2.05, 4.69) is 44.2 Å². The number of carbonyl (C=O) groups excluding carboxylic acids is 1. The number of methoxy groups -OCH3 is 1. The van der Waals surface area contributed by atoms with Crippen molar-refractivity contribution in [2.75, 3.05) is 26.8 Å². The molecule has 0 amide bonds. The van der Waals surface area contributed by atoms with Crippen LogP contribution in [-0.4, -0.2) is 49.8 Å². The van der Waals surface area contributed by atoms with Crippen molar-refractivity contribution in [3.63, 3.8) is 0 Å². The minimum atomic E-state index is -4.31. The highest BCUT2D eigenvalue weighted by atomic mass is 19.4. The van der Waals surface area contributed by atoms with Crippen LogP contribution in [0.2, 0.25) is 0 Å². The quantitative estimate of drug-likeness (QED) is 0.248. The Kier molecular flexibility index (Phi) is 9.93. The Labute approximate surface area is 249 Å². The average Bonchev–Trinajstić information content (AvgIpc) is 2.95. The second-order valence-corrected chi connectivity index (χ2v) is 13.5. The molecule has 0 radical (unpaired) electrons. The highest BCUT2D eigenvalue weighted by molar-refractivity contribution is 5.68. The lowest BCUT2D eigenvalue weighted by Gasteiger charge is -2.46. The molecule has 1 fully saturated rings. The zero-order chi connectivity index (χ0) is 30.6. The van der Waals surface area contributed by atoms with E-state index in [1.807, 2.05) is 29.2 Å². The highest BCUT2D eigenvalue weighted by Crippen LogP contribution is 2.45. The average molecular weight is 586 g/mol. The lowest BCUT2D eigenvalue weighted by atomic mass is 9.67. The number of ether oxygens (including phenoxy) is 2. The van der Waals surface area contributed by atoms with Crippen LogP contribution in [0.3, 0.4) is 0 Å². The summed E-state index contributed by atoms with van der Waals surface area (Å²) in [5.41, 5.74) is 2.12. The summed E-state index contributed by atoms with van der Waals surface area (Å²) in [6.45, 7) is 8.26. The summed E-state index contributed by atoms with van der Waals surface area (Å²) >= 11 is 0. The highest BCUT2D eigenvalue weighted by Gasteiger charge is 2.48. The van der Waals surface area contributed by atoms with Crippen molar-refractivity contribution in [2.45, 2.75) is 90.0 Å². The summed E-state index contributed by atoms with van der Waals surface area (Å²) in [6.07, 6.45) is 3.68. The molecular formula is C35H46F3NO3. The van der Waals surface area contributed by atoms with Gasteiger partial charge in [-0.3, -0.25) is 4.90 Å². The van der Waals surface area contributed by atoms with Crippen molar-refractivity contribution in [1.29, 1.82) is 0 Å². The molecule has 0 spiro atoms. The molecule has 2 aliphatic rings. The molecule has 0 unspecified atom stereocenters. The van der Waals surface area contributed by atoms with Crippen LogP contribution >= 0.6 is 0 Å². The normalized spacial score (nSPS) is 23.0. The SMILES string of the molecule is COc1ccc([C@]2(CCN(Cc3ccc(C4=CC[C@@H](C=O)CC4)cc3)CC(C)(C)C(F)(F)F)CCOC(C)(C)C2)cc1. The Hall–Kier alpha value is -2.64. The molecule has 7 heteroatoms. The Bertz CT molecular complexity index is 1220. The van der Waals surface area contributed by atoms with Gasteiger partial charge in [-0.05, 0) is 107 Å². The van der Waals surface area contributed by atoms with E-state index in [1.54, 1.807) is 7.11 Å². The predicted molar refractivity (Wildman–Crippen MR) is 161 cm³/mol.